The number of nitriles is 1. The maximum atomic E-state index is 14.7. The van der Waals surface area contributed by atoms with Crippen LogP contribution in [0, 0.1) is 23.1 Å². The highest BCUT2D eigenvalue weighted by Crippen LogP contribution is 2.45. The Hall–Kier alpha value is -3.39. The van der Waals surface area contributed by atoms with Gasteiger partial charge in [0, 0.05) is 41.5 Å². The number of nitrogen functional groups attached to an aromatic ring is 1. The first-order chi connectivity index (χ1) is 16.9. The highest BCUT2D eigenvalue weighted by molar-refractivity contribution is 7.23. The molecule has 1 saturated heterocycles. The van der Waals surface area contributed by atoms with Crippen LogP contribution in [0.1, 0.15) is 36.1 Å². The van der Waals surface area contributed by atoms with E-state index in [2.05, 4.69) is 16.0 Å². The molecule has 0 amide bonds. The number of halogens is 1. The summed E-state index contributed by atoms with van der Waals surface area (Å²) in [7, 11) is 0. The summed E-state index contributed by atoms with van der Waals surface area (Å²) in [6, 6.07) is 2.14. The van der Waals surface area contributed by atoms with Gasteiger partial charge in [0.25, 0.3) is 0 Å². The van der Waals surface area contributed by atoms with Gasteiger partial charge in [-0.3, -0.25) is 4.98 Å². The first kappa shape index (κ1) is 22.1. The van der Waals surface area contributed by atoms with Gasteiger partial charge in [-0.15, -0.1) is 11.3 Å². The van der Waals surface area contributed by atoms with E-state index in [4.69, 9.17) is 15.5 Å². The summed E-state index contributed by atoms with van der Waals surface area (Å²) in [6.45, 7) is 6.00. The SMILES string of the molecule is CCc1c(-c2ncc(F)c3sc(N)c(C#N)c23)c2c(c3cnc(N4CC(C)C(O)C4)nc13)COC2. The fourth-order valence-corrected chi connectivity index (χ4v) is 6.22. The molecule has 35 heavy (non-hydrogen) atoms. The second kappa shape index (κ2) is 8.09. The normalized spacial score (nSPS) is 19.6. The van der Waals surface area contributed by atoms with Crippen molar-refractivity contribution in [1.82, 2.24) is 15.0 Å². The van der Waals surface area contributed by atoms with Crippen molar-refractivity contribution < 1.29 is 14.2 Å². The van der Waals surface area contributed by atoms with E-state index in [1.807, 2.05) is 24.9 Å². The molecule has 0 radical (unpaired) electrons. The van der Waals surface area contributed by atoms with Crippen molar-refractivity contribution in [3.05, 3.63) is 40.5 Å². The zero-order chi connectivity index (χ0) is 24.4. The summed E-state index contributed by atoms with van der Waals surface area (Å²) in [5.41, 5.74) is 11.4. The van der Waals surface area contributed by atoms with Crippen LogP contribution in [0.25, 0.3) is 32.2 Å². The number of fused-ring (bicyclic) bond motifs is 4. The standard InChI is InChI=1S/C25H23FN6O2S/c1-3-12-19(22-20-13(4-27)24(28)35-23(20)17(26)6-29-22)16-10-34-9-15(16)14-5-30-25(31-21(12)14)32-7-11(2)18(33)8-32/h5-6,11,18,33H,3,7-10,28H2,1-2H3. The van der Waals surface area contributed by atoms with E-state index >= 15 is 0 Å². The molecule has 5 heterocycles. The molecule has 4 aromatic rings. The highest BCUT2D eigenvalue weighted by Gasteiger charge is 2.32. The van der Waals surface area contributed by atoms with Crippen LogP contribution in [0.3, 0.4) is 0 Å². The van der Waals surface area contributed by atoms with Crippen molar-refractivity contribution >= 4 is 43.3 Å². The summed E-state index contributed by atoms with van der Waals surface area (Å²) < 4.78 is 20.9. The lowest BCUT2D eigenvalue weighted by Gasteiger charge is -2.20. The number of aliphatic hydroxyl groups is 1. The van der Waals surface area contributed by atoms with Crippen LogP contribution < -0.4 is 10.6 Å². The average Bonchev–Trinajstić information content (AvgIpc) is 3.56. The zero-order valence-corrected chi connectivity index (χ0v) is 20.1. The summed E-state index contributed by atoms with van der Waals surface area (Å²) >= 11 is 1.06. The van der Waals surface area contributed by atoms with Crippen LogP contribution in [-0.4, -0.2) is 39.3 Å². The summed E-state index contributed by atoms with van der Waals surface area (Å²) in [5.74, 6) is 0.198. The summed E-state index contributed by atoms with van der Waals surface area (Å²) in [6.07, 6.45) is 3.24. The Balaban J connectivity index is 1.67. The molecule has 3 N–H and O–H groups in total. The van der Waals surface area contributed by atoms with Gasteiger partial charge in [0.15, 0.2) is 5.82 Å². The van der Waals surface area contributed by atoms with Gasteiger partial charge in [0.05, 0.1) is 47.0 Å². The number of β-amino-alcohol motifs (C(OH)–C–C–N with tert-alkyl or cyclic N) is 1. The van der Waals surface area contributed by atoms with Crippen molar-refractivity contribution in [2.24, 2.45) is 5.92 Å². The molecule has 6 rings (SSSR count). The molecule has 0 aliphatic carbocycles. The Morgan fingerprint density at radius 3 is 2.80 bits per heavy atom. The Morgan fingerprint density at radius 2 is 2.09 bits per heavy atom. The first-order valence-electron chi connectivity index (χ1n) is 11.5. The molecule has 178 valence electrons. The molecule has 2 aliphatic rings. The van der Waals surface area contributed by atoms with E-state index in [1.54, 1.807) is 0 Å². The Bertz CT molecular complexity index is 1550. The summed E-state index contributed by atoms with van der Waals surface area (Å²) in [4.78, 5) is 16.1. The van der Waals surface area contributed by atoms with Gasteiger partial charge < -0.3 is 20.5 Å². The number of pyridine rings is 1. The molecule has 2 unspecified atom stereocenters. The van der Waals surface area contributed by atoms with Crippen LogP contribution in [0.4, 0.5) is 15.3 Å². The second-order valence-corrected chi connectivity index (χ2v) is 10.2. The average molecular weight is 491 g/mol. The van der Waals surface area contributed by atoms with Gasteiger partial charge in [0.1, 0.15) is 11.1 Å². The maximum absolute atomic E-state index is 14.7. The number of aryl methyl sites for hydroxylation is 1. The lowest BCUT2D eigenvalue weighted by molar-refractivity contribution is 0.135. The van der Waals surface area contributed by atoms with Gasteiger partial charge in [-0.1, -0.05) is 13.8 Å². The van der Waals surface area contributed by atoms with E-state index < -0.39 is 11.9 Å². The second-order valence-electron chi connectivity index (χ2n) is 9.15. The van der Waals surface area contributed by atoms with Crippen LogP contribution in [0.15, 0.2) is 12.4 Å². The smallest absolute Gasteiger partial charge is 0.225 e. The molecule has 2 aliphatic heterocycles. The fourth-order valence-electron chi connectivity index (χ4n) is 5.30. The Kier molecular flexibility index (Phi) is 5.11. The minimum absolute atomic E-state index is 0.133. The van der Waals surface area contributed by atoms with Crippen LogP contribution in [0.5, 0.6) is 0 Å². The van der Waals surface area contributed by atoms with Gasteiger partial charge >= 0.3 is 0 Å². The number of aliphatic hydroxyl groups excluding tert-OH is 1. The number of benzene rings is 1. The molecule has 0 bridgehead atoms. The first-order valence-corrected chi connectivity index (χ1v) is 12.4. The molecule has 3 aromatic heterocycles. The largest absolute Gasteiger partial charge is 0.391 e. The lowest BCUT2D eigenvalue weighted by Crippen LogP contribution is -2.23. The van der Waals surface area contributed by atoms with Crippen molar-refractivity contribution in [2.75, 3.05) is 23.7 Å². The molecule has 2 atom stereocenters. The molecule has 0 spiro atoms. The number of nitrogens with zero attached hydrogens (tertiary/aromatic N) is 5. The lowest BCUT2D eigenvalue weighted by atomic mass is 9.88. The number of anilines is 2. The summed E-state index contributed by atoms with van der Waals surface area (Å²) in [5, 5.41) is 21.7. The minimum Gasteiger partial charge on any atom is -0.391 e. The third kappa shape index (κ3) is 3.19. The highest BCUT2D eigenvalue weighted by atomic mass is 32.1. The van der Waals surface area contributed by atoms with Crippen molar-refractivity contribution in [3.8, 4) is 17.3 Å². The number of rotatable bonds is 3. The molecule has 1 fully saturated rings. The van der Waals surface area contributed by atoms with E-state index in [-0.39, 0.29) is 16.5 Å². The molecule has 8 nitrogen and oxygen atoms in total. The molecule has 1 aromatic carbocycles. The monoisotopic (exact) mass is 490 g/mol. The predicted octanol–water partition coefficient (Wildman–Crippen LogP) is 3.91. The topological polar surface area (TPSA) is 121 Å². The van der Waals surface area contributed by atoms with Crippen LogP contribution in [-0.2, 0) is 24.4 Å². The third-order valence-corrected chi connectivity index (χ3v) is 8.13. The van der Waals surface area contributed by atoms with E-state index in [0.717, 1.165) is 44.5 Å². The molecule has 0 saturated carbocycles. The number of hydrogen-bond acceptors (Lipinski definition) is 9. The quantitative estimate of drug-likeness (QED) is 0.443. The van der Waals surface area contributed by atoms with Gasteiger partial charge in [-0.05, 0) is 23.1 Å². The molecular formula is C25H23FN6O2S. The van der Waals surface area contributed by atoms with Gasteiger partial charge in [-0.2, -0.15) is 5.26 Å². The number of aromatic nitrogens is 3. The number of ether oxygens (including phenoxy) is 1. The van der Waals surface area contributed by atoms with Gasteiger partial charge in [-0.25, -0.2) is 14.4 Å². The van der Waals surface area contributed by atoms with E-state index in [9.17, 15) is 14.8 Å². The number of nitrogens with two attached hydrogens (primary N) is 1. The van der Waals surface area contributed by atoms with Crippen LogP contribution in [0.2, 0.25) is 0 Å². The maximum Gasteiger partial charge on any atom is 0.225 e. The Morgan fingerprint density at radius 1 is 1.29 bits per heavy atom. The number of hydrogen-bond donors (Lipinski definition) is 2. The van der Waals surface area contributed by atoms with Crippen LogP contribution >= 0.6 is 11.3 Å². The van der Waals surface area contributed by atoms with E-state index in [1.165, 1.54) is 6.20 Å². The van der Waals surface area contributed by atoms with Crippen molar-refractivity contribution in [1.29, 1.82) is 5.26 Å². The minimum atomic E-state index is -0.500. The van der Waals surface area contributed by atoms with E-state index in [0.29, 0.717) is 54.5 Å². The fraction of sp³-hybridized carbons (Fsp3) is 0.360. The Labute approximate surface area is 204 Å². The molecule has 10 heteroatoms. The zero-order valence-electron chi connectivity index (χ0n) is 19.3. The molecular weight excluding hydrogens is 467 g/mol. The van der Waals surface area contributed by atoms with Crippen molar-refractivity contribution in [3.63, 3.8) is 0 Å². The predicted molar refractivity (Wildman–Crippen MR) is 132 cm³/mol. The van der Waals surface area contributed by atoms with Crippen molar-refractivity contribution in [2.45, 2.75) is 39.6 Å². The van der Waals surface area contributed by atoms with Gasteiger partial charge in [0.2, 0.25) is 5.95 Å². The third-order valence-electron chi connectivity index (χ3n) is 7.10. The number of thiophene rings is 1.